The normalized spacial score (nSPS) is 17.0. The van der Waals surface area contributed by atoms with Crippen molar-refractivity contribution in [2.45, 2.75) is 24.7 Å². The summed E-state index contributed by atoms with van der Waals surface area (Å²) >= 11 is 0. The quantitative estimate of drug-likeness (QED) is 0.648. The second kappa shape index (κ2) is 6.77. The first kappa shape index (κ1) is 19.0. The maximum Gasteiger partial charge on any atom is 0.300 e. The highest BCUT2D eigenvalue weighted by atomic mass is 32.2. The maximum absolute atomic E-state index is 12.7. The minimum atomic E-state index is -4.11. The summed E-state index contributed by atoms with van der Waals surface area (Å²) in [5.74, 6) is -0.681. The summed E-state index contributed by atoms with van der Waals surface area (Å²) < 4.78 is 38.6. The molecule has 2 aliphatic rings. The molecule has 1 saturated heterocycles. The van der Waals surface area contributed by atoms with Crippen LogP contribution in [0.2, 0.25) is 0 Å². The highest BCUT2D eigenvalue weighted by Gasteiger charge is 2.52. The van der Waals surface area contributed by atoms with Crippen LogP contribution < -0.4 is 14.4 Å². The molecule has 0 bridgehead atoms. The van der Waals surface area contributed by atoms with Gasteiger partial charge in [-0.25, -0.2) is 13.1 Å². The topological polar surface area (TPSA) is 88.8 Å². The first-order chi connectivity index (χ1) is 14.4. The molecule has 1 aliphatic heterocycles. The fourth-order valence-corrected chi connectivity index (χ4v) is 5.05. The van der Waals surface area contributed by atoms with Crippen LogP contribution in [0.15, 0.2) is 57.8 Å². The van der Waals surface area contributed by atoms with Gasteiger partial charge in [0.25, 0.3) is 10.0 Å². The van der Waals surface area contributed by atoms with Crippen LogP contribution in [-0.2, 0) is 10.0 Å². The number of ether oxygens (including phenoxy) is 1. The number of anilines is 1. The molecule has 1 saturated carbocycles. The number of amides is 1. The summed E-state index contributed by atoms with van der Waals surface area (Å²) in [4.78, 5) is 14.8. The molecule has 1 amide bonds. The van der Waals surface area contributed by atoms with E-state index in [0.717, 1.165) is 24.2 Å². The van der Waals surface area contributed by atoms with Gasteiger partial charge in [-0.05, 0) is 50.1 Å². The fraction of sp³-hybridized carbons (Fsp3) is 0.318. The van der Waals surface area contributed by atoms with Gasteiger partial charge in [-0.2, -0.15) is 0 Å². The average molecular weight is 426 g/mol. The lowest BCUT2D eigenvalue weighted by Gasteiger charge is -2.41. The van der Waals surface area contributed by atoms with Crippen molar-refractivity contribution in [3.05, 3.63) is 54.3 Å². The summed E-state index contributed by atoms with van der Waals surface area (Å²) in [5.41, 5.74) is 2.15. The Morgan fingerprint density at radius 1 is 1.17 bits per heavy atom. The molecule has 0 radical (unpaired) electrons. The van der Waals surface area contributed by atoms with E-state index in [0.29, 0.717) is 17.6 Å². The van der Waals surface area contributed by atoms with E-state index in [1.54, 1.807) is 31.2 Å². The van der Waals surface area contributed by atoms with Crippen LogP contribution in [-0.4, -0.2) is 34.0 Å². The fourth-order valence-electron chi connectivity index (χ4n) is 3.94. The zero-order valence-electron chi connectivity index (χ0n) is 16.6. The minimum absolute atomic E-state index is 0.0538. The van der Waals surface area contributed by atoms with Crippen molar-refractivity contribution in [2.24, 2.45) is 5.41 Å². The van der Waals surface area contributed by atoms with E-state index in [-0.39, 0.29) is 16.4 Å². The van der Waals surface area contributed by atoms with Gasteiger partial charge in [0.2, 0.25) is 0 Å². The lowest BCUT2D eigenvalue weighted by Crippen LogP contribution is -2.48. The van der Waals surface area contributed by atoms with Gasteiger partial charge in [0.15, 0.2) is 5.76 Å². The van der Waals surface area contributed by atoms with Crippen molar-refractivity contribution in [3.8, 4) is 5.75 Å². The van der Waals surface area contributed by atoms with Crippen molar-refractivity contribution in [2.75, 3.05) is 24.6 Å². The van der Waals surface area contributed by atoms with Gasteiger partial charge in [-0.15, -0.1) is 0 Å². The van der Waals surface area contributed by atoms with Crippen LogP contribution >= 0.6 is 0 Å². The van der Waals surface area contributed by atoms with E-state index in [2.05, 4.69) is 9.62 Å². The van der Waals surface area contributed by atoms with Crippen molar-refractivity contribution < 1.29 is 22.4 Å². The SMILES string of the molecule is CCOc1ccccc1S(=O)(=O)NC(=O)c1cc2ccc(N3CC4(CC4)C3)cc2o1. The van der Waals surface area contributed by atoms with Crippen LogP contribution in [0.3, 0.4) is 0 Å². The molecular weight excluding hydrogens is 404 g/mol. The van der Waals surface area contributed by atoms with Crippen LogP contribution in [0.25, 0.3) is 11.0 Å². The second-order valence-corrected chi connectivity index (χ2v) is 9.65. The molecule has 1 spiro atoms. The monoisotopic (exact) mass is 426 g/mol. The first-order valence-electron chi connectivity index (χ1n) is 9.97. The molecule has 2 heterocycles. The Bertz CT molecular complexity index is 1240. The smallest absolute Gasteiger partial charge is 0.300 e. The molecule has 3 aromatic rings. The highest BCUT2D eigenvalue weighted by molar-refractivity contribution is 7.90. The minimum Gasteiger partial charge on any atom is -0.492 e. The Labute approximate surface area is 174 Å². The molecule has 0 atom stereocenters. The van der Waals surface area contributed by atoms with Gasteiger partial charge in [0.05, 0.1) is 6.61 Å². The van der Waals surface area contributed by atoms with Gasteiger partial charge >= 0.3 is 5.91 Å². The molecule has 156 valence electrons. The predicted molar refractivity (Wildman–Crippen MR) is 112 cm³/mol. The number of sulfonamides is 1. The van der Waals surface area contributed by atoms with E-state index >= 15 is 0 Å². The predicted octanol–water partition coefficient (Wildman–Crippen LogP) is 3.55. The van der Waals surface area contributed by atoms with Crippen LogP contribution in [0, 0.1) is 5.41 Å². The number of fused-ring (bicyclic) bond motifs is 1. The van der Waals surface area contributed by atoms with Crippen LogP contribution in [0.5, 0.6) is 5.75 Å². The third kappa shape index (κ3) is 3.31. The number of hydrogen-bond donors (Lipinski definition) is 1. The van der Waals surface area contributed by atoms with E-state index in [1.165, 1.54) is 18.9 Å². The number of carbonyl (C=O) groups is 1. The summed E-state index contributed by atoms with van der Waals surface area (Å²) in [7, 11) is -4.11. The van der Waals surface area contributed by atoms with Gasteiger partial charge in [-0.3, -0.25) is 4.79 Å². The molecule has 30 heavy (non-hydrogen) atoms. The van der Waals surface area contributed by atoms with E-state index in [4.69, 9.17) is 9.15 Å². The van der Waals surface area contributed by atoms with Crippen LogP contribution in [0.4, 0.5) is 5.69 Å². The highest BCUT2D eigenvalue weighted by Crippen LogP contribution is 2.54. The summed E-state index contributed by atoms with van der Waals surface area (Å²) in [5, 5.41) is 0.748. The van der Waals surface area contributed by atoms with Crippen molar-refractivity contribution >= 4 is 32.6 Å². The van der Waals surface area contributed by atoms with Crippen molar-refractivity contribution in [3.63, 3.8) is 0 Å². The number of furan rings is 1. The third-order valence-corrected chi connectivity index (χ3v) is 7.14. The molecule has 0 unspecified atom stereocenters. The number of carbonyl (C=O) groups excluding carboxylic acids is 1. The van der Waals surface area contributed by atoms with Crippen molar-refractivity contribution in [1.29, 1.82) is 0 Å². The molecule has 2 fully saturated rings. The van der Waals surface area contributed by atoms with E-state index < -0.39 is 15.9 Å². The van der Waals surface area contributed by atoms with Crippen molar-refractivity contribution in [1.82, 2.24) is 4.72 Å². The molecule has 7 nitrogen and oxygen atoms in total. The first-order valence-corrected chi connectivity index (χ1v) is 11.5. The number of nitrogens with zero attached hydrogens (tertiary/aromatic N) is 1. The molecule has 8 heteroatoms. The number of benzene rings is 2. The molecule has 1 aliphatic carbocycles. The molecular formula is C22H22N2O5S. The maximum atomic E-state index is 12.7. The molecule has 1 N–H and O–H groups in total. The second-order valence-electron chi connectivity index (χ2n) is 8.00. The number of rotatable bonds is 6. The number of para-hydroxylation sites is 1. The summed E-state index contributed by atoms with van der Waals surface area (Å²) in [6, 6.07) is 13.5. The van der Waals surface area contributed by atoms with E-state index in [1.807, 2.05) is 18.2 Å². The van der Waals surface area contributed by atoms with Gasteiger partial charge in [0.1, 0.15) is 16.2 Å². The standard InChI is InChI=1S/C22H22N2O5S/c1-2-28-17-5-3-4-6-20(17)30(26,27)23-21(25)19-11-15-7-8-16(12-18(15)29-19)24-13-22(14-24)9-10-22/h3-8,11-12H,2,9-10,13-14H2,1H3,(H,23,25). The lowest BCUT2D eigenvalue weighted by atomic mass is 9.96. The Hall–Kier alpha value is -3.00. The molecule has 1 aromatic heterocycles. The Morgan fingerprint density at radius 2 is 1.93 bits per heavy atom. The Morgan fingerprint density at radius 3 is 2.67 bits per heavy atom. The summed E-state index contributed by atoms with van der Waals surface area (Å²) in [6.45, 7) is 4.19. The molecule has 2 aromatic carbocycles. The van der Waals surface area contributed by atoms with Crippen LogP contribution in [0.1, 0.15) is 30.3 Å². The Balaban J connectivity index is 1.37. The van der Waals surface area contributed by atoms with Gasteiger partial charge < -0.3 is 14.1 Å². The zero-order valence-corrected chi connectivity index (χ0v) is 17.4. The van der Waals surface area contributed by atoms with Gasteiger partial charge in [0, 0.05) is 35.6 Å². The Kier molecular flexibility index (Phi) is 4.28. The third-order valence-electron chi connectivity index (χ3n) is 5.77. The van der Waals surface area contributed by atoms with E-state index in [9.17, 15) is 13.2 Å². The number of hydrogen-bond acceptors (Lipinski definition) is 6. The zero-order chi connectivity index (χ0) is 20.9. The molecule has 5 rings (SSSR count). The lowest BCUT2D eigenvalue weighted by molar-refractivity contribution is 0.0956. The largest absolute Gasteiger partial charge is 0.492 e. The number of nitrogens with one attached hydrogen (secondary N) is 1. The van der Waals surface area contributed by atoms with Gasteiger partial charge in [-0.1, -0.05) is 12.1 Å². The average Bonchev–Trinajstić information content (AvgIpc) is 3.38. The summed E-state index contributed by atoms with van der Waals surface area (Å²) in [6.07, 6.45) is 2.61.